The molecular weight excluding hydrogens is 280 g/mol. The van der Waals surface area contributed by atoms with Gasteiger partial charge in [-0.3, -0.25) is 4.98 Å². The lowest BCUT2D eigenvalue weighted by molar-refractivity contribution is 0.297. The van der Waals surface area contributed by atoms with Gasteiger partial charge < -0.3 is 4.74 Å². The molecule has 4 heteroatoms. The molecule has 0 atom stereocenters. The molecule has 0 spiro atoms. The minimum Gasteiger partial charge on any atom is -0.477 e. The highest BCUT2D eigenvalue weighted by atomic mass is 79.9. The fourth-order valence-corrected chi connectivity index (χ4v) is 1.84. The largest absolute Gasteiger partial charge is 0.477 e. The van der Waals surface area contributed by atoms with Crippen molar-refractivity contribution >= 4 is 15.9 Å². The SMILES string of the molecule is Brc1cccnc1OCCCc1ccncc1. The van der Waals surface area contributed by atoms with Crippen LogP contribution in [0.25, 0.3) is 0 Å². The van der Waals surface area contributed by atoms with Gasteiger partial charge in [0.25, 0.3) is 0 Å². The van der Waals surface area contributed by atoms with Crippen molar-refractivity contribution in [2.45, 2.75) is 12.8 Å². The lowest BCUT2D eigenvalue weighted by Gasteiger charge is -2.06. The molecule has 0 saturated heterocycles. The molecule has 0 aromatic carbocycles. The summed E-state index contributed by atoms with van der Waals surface area (Å²) >= 11 is 3.40. The average molecular weight is 293 g/mol. The second-order valence-electron chi connectivity index (χ2n) is 3.60. The normalized spacial score (nSPS) is 10.2. The maximum Gasteiger partial charge on any atom is 0.227 e. The Bertz CT molecular complexity index is 462. The molecule has 0 radical (unpaired) electrons. The first-order chi connectivity index (χ1) is 8.36. The summed E-state index contributed by atoms with van der Waals surface area (Å²) in [5.41, 5.74) is 1.28. The summed E-state index contributed by atoms with van der Waals surface area (Å²) in [5, 5.41) is 0. The summed E-state index contributed by atoms with van der Waals surface area (Å²) in [6.07, 6.45) is 7.31. The topological polar surface area (TPSA) is 35.0 Å². The van der Waals surface area contributed by atoms with E-state index in [0.717, 1.165) is 17.3 Å². The molecule has 3 nitrogen and oxygen atoms in total. The molecule has 0 aliphatic heterocycles. The van der Waals surface area contributed by atoms with Crippen LogP contribution in [-0.4, -0.2) is 16.6 Å². The molecule has 0 bridgehead atoms. The second-order valence-corrected chi connectivity index (χ2v) is 4.45. The predicted octanol–water partition coefficient (Wildman–Crippen LogP) is 3.25. The third-order valence-corrected chi connectivity index (χ3v) is 2.93. The molecular formula is C13H13BrN2O. The molecule has 2 heterocycles. The minimum atomic E-state index is 0.655. The van der Waals surface area contributed by atoms with Gasteiger partial charge in [-0.05, 0) is 58.6 Å². The van der Waals surface area contributed by atoms with Crippen LogP contribution in [0.3, 0.4) is 0 Å². The number of aryl methyl sites for hydroxylation is 1. The standard InChI is InChI=1S/C13H13BrN2O/c14-12-4-1-7-16-13(12)17-10-2-3-11-5-8-15-9-6-11/h1,4-9H,2-3,10H2. The van der Waals surface area contributed by atoms with Crippen LogP contribution < -0.4 is 4.74 Å². The van der Waals surface area contributed by atoms with E-state index in [1.807, 2.05) is 36.7 Å². The van der Waals surface area contributed by atoms with Gasteiger partial charge >= 0.3 is 0 Å². The van der Waals surface area contributed by atoms with Crippen LogP contribution in [0.15, 0.2) is 47.3 Å². The van der Waals surface area contributed by atoms with Crippen LogP contribution >= 0.6 is 15.9 Å². The summed E-state index contributed by atoms with van der Waals surface area (Å²) < 4.78 is 6.48. The maximum absolute atomic E-state index is 5.58. The van der Waals surface area contributed by atoms with E-state index >= 15 is 0 Å². The Morgan fingerprint density at radius 3 is 2.71 bits per heavy atom. The number of hydrogen-bond acceptors (Lipinski definition) is 3. The van der Waals surface area contributed by atoms with Crippen molar-refractivity contribution < 1.29 is 4.74 Å². The smallest absolute Gasteiger partial charge is 0.227 e. The molecule has 0 N–H and O–H groups in total. The van der Waals surface area contributed by atoms with Gasteiger partial charge in [0, 0.05) is 18.6 Å². The first kappa shape index (κ1) is 12.0. The predicted molar refractivity (Wildman–Crippen MR) is 70.0 cm³/mol. The summed E-state index contributed by atoms with van der Waals surface area (Å²) in [6, 6.07) is 7.84. The summed E-state index contributed by atoms with van der Waals surface area (Å²) in [5.74, 6) is 0.655. The molecule has 0 fully saturated rings. The molecule has 2 rings (SSSR count). The van der Waals surface area contributed by atoms with Crippen LogP contribution in [0.5, 0.6) is 5.88 Å². The number of aromatic nitrogens is 2. The van der Waals surface area contributed by atoms with E-state index in [4.69, 9.17) is 4.74 Å². The molecule has 2 aromatic heterocycles. The van der Waals surface area contributed by atoms with Crippen molar-refractivity contribution in [2.24, 2.45) is 0 Å². The number of pyridine rings is 2. The summed E-state index contributed by atoms with van der Waals surface area (Å²) in [6.45, 7) is 0.665. The summed E-state index contributed by atoms with van der Waals surface area (Å²) in [7, 11) is 0. The Morgan fingerprint density at radius 1 is 1.12 bits per heavy atom. The molecule has 0 aliphatic carbocycles. The Hall–Kier alpha value is -1.42. The van der Waals surface area contributed by atoms with Crippen LogP contribution in [0, 0.1) is 0 Å². The zero-order valence-electron chi connectivity index (χ0n) is 9.34. The van der Waals surface area contributed by atoms with Gasteiger partial charge in [0.15, 0.2) is 0 Å². The Morgan fingerprint density at radius 2 is 1.94 bits per heavy atom. The highest BCUT2D eigenvalue weighted by Crippen LogP contribution is 2.20. The van der Waals surface area contributed by atoms with E-state index in [1.54, 1.807) is 6.20 Å². The van der Waals surface area contributed by atoms with Crippen molar-refractivity contribution in [3.8, 4) is 5.88 Å². The van der Waals surface area contributed by atoms with Crippen LogP contribution in [0.2, 0.25) is 0 Å². The molecule has 0 unspecified atom stereocenters. The number of hydrogen-bond donors (Lipinski definition) is 0. The highest BCUT2D eigenvalue weighted by molar-refractivity contribution is 9.10. The van der Waals surface area contributed by atoms with Crippen LogP contribution in [-0.2, 0) is 6.42 Å². The average Bonchev–Trinajstić information content (AvgIpc) is 2.38. The van der Waals surface area contributed by atoms with E-state index in [1.165, 1.54) is 5.56 Å². The Labute approximate surface area is 109 Å². The van der Waals surface area contributed by atoms with E-state index in [0.29, 0.717) is 12.5 Å². The second kappa shape index (κ2) is 6.35. The zero-order valence-corrected chi connectivity index (χ0v) is 10.9. The number of nitrogens with zero attached hydrogens (tertiary/aromatic N) is 2. The number of ether oxygens (including phenoxy) is 1. The molecule has 0 amide bonds. The molecule has 17 heavy (non-hydrogen) atoms. The van der Waals surface area contributed by atoms with E-state index in [-0.39, 0.29) is 0 Å². The van der Waals surface area contributed by atoms with E-state index < -0.39 is 0 Å². The lowest BCUT2D eigenvalue weighted by atomic mass is 10.1. The first-order valence-electron chi connectivity index (χ1n) is 5.48. The quantitative estimate of drug-likeness (QED) is 0.794. The highest BCUT2D eigenvalue weighted by Gasteiger charge is 2.00. The van der Waals surface area contributed by atoms with Crippen molar-refractivity contribution in [1.29, 1.82) is 0 Å². The number of rotatable bonds is 5. The molecule has 2 aromatic rings. The fourth-order valence-electron chi connectivity index (χ4n) is 1.47. The van der Waals surface area contributed by atoms with Crippen molar-refractivity contribution in [1.82, 2.24) is 9.97 Å². The Balaban J connectivity index is 1.76. The van der Waals surface area contributed by atoms with Gasteiger partial charge in [0.1, 0.15) is 0 Å². The van der Waals surface area contributed by atoms with Gasteiger partial charge in [-0.25, -0.2) is 4.98 Å². The van der Waals surface area contributed by atoms with Crippen molar-refractivity contribution in [2.75, 3.05) is 6.61 Å². The minimum absolute atomic E-state index is 0.655. The maximum atomic E-state index is 5.58. The monoisotopic (exact) mass is 292 g/mol. The molecule has 0 saturated carbocycles. The lowest BCUT2D eigenvalue weighted by Crippen LogP contribution is -2.01. The molecule has 0 aliphatic rings. The third-order valence-electron chi connectivity index (χ3n) is 2.32. The first-order valence-corrected chi connectivity index (χ1v) is 6.28. The van der Waals surface area contributed by atoms with Crippen LogP contribution in [0.4, 0.5) is 0 Å². The Kier molecular flexibility index (Phi) is 4.50. The van der Waals surface area contributed by atoms with Crippen molar-refractivity contribution in [3.63, 3.8) is 0 Å². The third kappa shape index (κ3) is 3.82. The van der Waals surface area contributed by atoms with E-state index in [9.17, 15) is 0 Å². The fraction of sp³-hybridized carbons (Fsp3) is 0.231. The molecule has 88 valence electrons. The van der Waals surface area contributed by atoms with Gasteiger partial charge in [-0.15, -0.1) is 0 Å². The van der Waals surface area contributed by atoms with E-state index in [2.05, 4.69) is 25.9 Å². The van der Waals surface area contributed by atoms with Gasteiger partial charge in [0.2, 0.25) is 5.88 Å². The van der Waals surface area contributed by atoms with Gasteiger partial charge in [-0.2, -0.15) is 0 Å². The number of halogens is 1. The zero-order chi connectivity index (χ0) is 11.9. The van der Waals surface area contributed by atoms with Gasteiger partial charge in [0.05, 0.1) is 11.1 Å². The van der Waals surface area contributed by atoms with Crippen LogP contribution in [0.1, 0.15) is 12.0 Å². The summed E-state index contributed by atoms with van der Waals surface area (Å²) in [4.78, 5) is 8.13. The van der Waals surface area contributed by atoms with Crippen molar-refractivity contribution in [3.05, 3.63) is 52.9 Å². The van der Waals surface area contributed by atoms with Gasteiger partial charge in [-0.1, -0.05) is 0 Å².